The molecule has 0 aliphatic rings. The maximum absolute atomic E-state index is 12.8. The first-order chi connectivity index (χ1) is 11.8. The Balaban J connectivity index is 2.16. The molecule has 0 amide bonds. The second-order valence-corrected chi connectivity index (χ2v) is 8.56. The van der Waals surface area contributed by atoms with Crippen molar-refractivity contribution in [2.45, 2.75) is 4.90 Å². The van der Waals surface area contributed by atoms with Gasteiger partial charge in [0, 0.05) is 27.1 Å². The van der Waals surface area contributed by atoms with Crippen LogP contribution in [0.4, 0.5) is 0 Å². The van der Waals surface area contributed by atoms with E-state index in [2.05, 4.69) is 36.8 Å². The van der Waals surface area contributed by atoms with Gasteiger partial charge in [0.15, 0.2) is 5.75 Å². The van der Waals surface area contributed by atoms with Crippen molar-refractivity contribution in [1.82, 2.24) is 4.98 Å². The van der Waals surface area contributed by atoms with Crippen molar-refractivity contribution in [2.75, 3.05) is 7.11 Å². The number of aromatic nitrogens is 1. The SMILES string of the molecule is COc1cc(Cl)ccc1S(=O)(=O)Oc1c(Br)cc(Br)c2cccnc12. The molecular formula is C16H10Br2ClNO4S. The van der Waals surface area contributed by atoms with E-state index < -0.39 is 10.1 Å². The lowest BCUT2D eigenvalue weighted by Gasteiger charge is -2.14. The van der Waals surface area contributed by atoms with Crippen LogP contribution in [0.25, 0.3) is 10.9 Å². The van der Waals surface area contributed by atoms with Crippen molar-refractivity contribution >= 4 is 64.5 Å². The lowest BCUT2D eigenvalue weighted by Crippen LogP contribution is -2.12. The Labute approximate surface area is 166 Å². The van der Waals surface area contributed by atoms with E-state index in [0.29, 0.717) is 15.0 Å². The average Bonchev–Trinajstić information content (AvgIpc) is 2.58. The molecule has 0 unspecified atom stereocenters. The minimum atomic E-state index is -4.17. The van der Waals surface area contributed by atoms with E-state index in [1.54, 1.807) is 24.4 Å². The Bertz CT molecular complexity index is 1070. The van der Waals surface area contributed by atoms with Gasteiger partial charge in [0.05, 0.1) is 11.6 Å². The third kappa shape index (κ3) is 3.62. The van der Waals surface area contributed by atoms with Crippen LogP contribution in [-0.4, -0.2) is 20.5 Å². The molecule has 0 atom stereocenters. The normalized spacial score (nSPS) is 11.5. The van der Waals surface area contributed by atoms with E-state index in [1.165, 1.54) is 25.3 Å². The largest absolute Gasteiger partial charge is 0.495 e. The van der Waals surface area contributed by atoms with Crippen molar-refractivity contribution in [2.24, 2.45) is 0 Å². The van der Waals surface area contributed by atoms with Crippen LogP contribution >= 0.6 is 43.5 Å². The highest BCUT2D eigenvalue weighted by Gasteiger charge is 2.25. The Kier molecular flexibility index (Phi) is 5.24. The van der Waals surface area contributed by atoms with E-state index in [9.17, 15) is 8.42 Å². The van der Waals surface area contributed by atoms with E-state index in [0.717, 1.165) is 9.86 Å². The minimum absolute atomic E-state index is 0.0933. The zero-order valence-electron chi connectivity index (χ0n) is 12.7. The molecule has 0 saturated carbocycles. The number of hydrogen-bond donors (Lipinski definition) is 0. The molecule has 0 aliphatic heterocycles. The van der Waals surface area contributed by atoms with Crippen LogP contribution in [0.1, 0.15) is 0 Å². The number of pyridine rings is 1. The summed E-state index contributed by atoms with van der Waals surface area (Å²) in [4.78, 5) is 4.11. The van der Waals surface area contributed by atoms with Gasteiger partial charge in [0.25, 0.3) is 0 Å². The summed E-state index contributed by atoms with van der Waals surface area (Å²) in [5.74, 6) is 0.189. The van der Waals surface area contributed by atoms with Gasteiger partial charge in [0.2, 0.25) is 0 Å². The molecule has 2 aromatic carbocycles. The second-order valence-electron chi connectivity index (χ2n) is 4.90. The monoisotopic (exact) mass is 505 g/mol. The Morgan fingerprint density at radius 2 is 1.88 bits per heavy atom. The molecule has 0 bridgehead atoms. The number of fused-ring (bicyclic) bond motifs is 1. The minimum Gasteiger partial charge on any atom is -0.495 e. The van der Waals surface area contributed by atoms with Crippen LogP contribution in [0.2, 0.25) is 5.02 Å². The molecule has 0 radical (unpaired) electrons. The third-order valence-corrected chi connectivity index (χ3v) is 6.08. The smallest absolute Gasteiger partial charge is 0.343 e. The lowest BCUT2D eigenvalue weighted by atomic mass is 10.2. The highest BCUT2D eigenvalue weighted by Crippen LogP contribution is 2.39. The molecule has 5 nitrogen and oxygen atoms in total. The Hall–Kier alpha value is -1.35. The van der Waals surface area contributed by atoms with Crippen LogP contribution in [-0.2, 0) is 10.1 Å². The highest BCUT2D eigenvalue weighted by atomic mass is 79.9. The molecule has 1 heterocycles. The first-order valence-electron chi connectivity index (χ1n) is 6.84. The maximum Gasteiger partial charge on any atom is 0.343 e. The fourth-order valence-electron chi connectivity index (χ4n) is 2.23. The molecule has 130 valence electrons. The molecular weight excluding hydrogens is 498 g/mol. The first kappa shape index (κ1) is 18.4. The zero-order chi connectivity index (χ0) is 18.2. The fourth-order valence-corrected chi connectivity index (χ4v) is 4.95. The summed E-state index contributed by atoms with van der Waals surface area (Å²) in [6.07, 6.45) is 1.56. The van der Waals surface area contributed by atoms with Gasteiger partial charge in [-0.1, -0.05) is 33.6 Å². The molecule has 0 aliphatic carbocycles. The predicted octanol–water partition coefficient (Wildman–Crippen LogP) is 5.19. The van der Waals surface area contributed by atoms with Gasteiger partial charge in [0.1, 0.15) is 16.2 Å². The number of methoxy groups -OCH3 is 1. The first-order valence-corrected chi connectivity index (χ1v) is 10.2. The third-order valence-electron chi connectivity index (χ3n) is 3.34. The van der Waals surface area contributed by atoms with Gasteiger partial charge in [-0.05, 0) is 40.2 Å². The van der Waals surface area contributed by atoms with Crippen molar-refractivity contribution < 1.29 is 17.3 Å². The van der Waals surface area contributed by atoms with Crippen LogP contribution in [0.3, 0.4) is 0 Å². The number of nitrogens with zero attached hydrogens (tertiary/aromatic N) is 1. The van der Waals surface area contributed by atoms with Gasteiger partial charge >= 0.3 is 10.1 Å². The molecule has 3 aromatic rings. The van der Waals surface area contributed by atoms with Crippen LogP contribution in [0.5, 0.6) is 11.5 Å². The van der Waals surface area contributed by atoms with E-state index >= 15 is 0 Å². The molecule has 0 saturated heterocycles. The molecule has 1 aromatic heterocycles. The second kappa shape index (κ2) is 7.11. The summed E-state index contributed by atoms with van der Waals surface area (Å²) in [5, 5.41) is 1.08. The van der Waals surface area contributed by atoms with E-state index in [-0.39, 0.29) is 16.4 Å². The van der Waals surface area contributed by atoms with Gasteiger partial charge in [-0.2, -0.15) is 8.42 Å². The highest BCUT2D eigenvalue weighted by molar-refractivity contribution is 9.11. The summed E-state index contributed by atoms with van der Waals surface area (Å²) in [6.45, 7) is 0. The van der Waals surface area contributed by atoms with Crippen molar-refractivity contribution in [3.8, 4) is 11.5 Å². The van der Waals surface area contributed by atoms with Crippen LogP contribution in [0, 0.1) is 0 Å². The van der Waals surface area contributed by atoms with Crippen molar-refractivity contribution in [1.29, 1.82) is 0 Å². The van der Waals surface area contributed by atoms with Gasteiger partial charge in [-0.15, -0.1) is 0 Å². The van der Waals surface area contributed by atoms with Crippen molar-refractivity contribution in [3.05, 3.63) is 56.6 Å². The van der Waals surface area contributed by atoms with Crippen LogP contribution in [0.15, 0.2) is 56.4 Å². The van der Waals surface area contributed by atoms with E-state index in [1.807, 2.05) is 0 Å². The molecule has 25 heavy (non-hydrogen) atoms. The number of rotatable bonds is 4. The number of hydrogen-bond acceptors (Lipinski definition) is 5. The molecule has 3 rings (SSSR count). The van der Waals surface area contributed by atoms with Crippen molar-refractivity contribution in [3.63, 3.8) is 0 Å². The summed E-state index contributed by atoms with van der Waals surface area (Å²) in [7, 11) is -2.81. The quantitative estimate of drug-likeness (QED) is 0.455. The van der Waals surface area contributed by atoms with Gasteiger partial charge in [-0.25, -0.2) is 0 Å². The number of ether oxygens (including phenoxy) is 1. The predicted molar refractivity (Wildman–Crippen MR) is 103 cm³/mol. The Morgan fingerprint density at radius 3 is 2.60 bits per heavy atom. The summed E-state index contributed by atoms with van der Waals surface area (Å²) < 4.78 is 37.2. The maximum atomic E-state index is 12.8. The molecule has 0 fully saturated rings. The summed E-state index contributed by atoms with van der Waals surface area (Å²) in [5.41, 5.74) is 0.403. The molecule has 9 heteroatoms. The Morgan fingerprint density at radius 1 is 1.12 bits per heavy atom. The zero-order valence-corrected chi connectivity index (χ0v) is 17.4. The van der Waals surface area contributed by atoms with E-state index in [4.69, 9.17) is 20.5 Å². The summed E-state index contributed by atoms with van der Waals surface area (Å²) >= 11 is 12.6. The topological polar surface area (TPSA) is 65.5 Å². The van der Waals surface area contributed by atoms with Gasteiger partial charge < -0.3 is 8.92 Å². The number of benzene rings is 2. The molecule has 0 N–H and O–H groups in total. The van der Waals surface area contributed by atoms with Crippen LogP contribution < -0.4 is 8.92 Å². The summed E-state index contributed by atoms with van der Waals surface area (Å²) in [6, 6.07) is 9.45. The average molecular weight is 508 g/mol. The lowest BCUT2D eigenvalue weighted by molar-refractivity contribution is 0.398. The fraction of sp³-hybridized carbons (Fsp3) is 0.0625. The standard InChI is InChI=1S/C16H10Br2ClNO4S/c1-23-13-7-9(19)4-5-14(13)25(21,22)24-16-12(18)8-11(17)10-3-2-6-20-15(10)16/h2-8H,1H3. The van der Waals surface area contributed by atoms with Gasteiger partial charge in [-0.3, -0.25) is 4.98 Å². The molecule has 0 spiro atoms. The number of halogens is 3.